The molecule has 0 saturated carbocycles. The second-order valence-electron chi connectivity index (χ2n) is 5.73. The molecule has 1 aromatic rings. The molecule has 1 saturated heterocycles. The Hall–Kier alpha value is -1.55. The normalized spacial score (nSPS) is 16.9. The Kier molecular flexibility index (Phi) is 5.01. The Morgan fingerprint density at radius 3 is 2.60 bits per heavy atom. The molecule has 0 spiro atoms. The Morgan fingerprint density at radius 1 is 1.25 bits per heavy atom. The standard InChI is InChI=1S/C16H25N3O/c1-12-6-7-15(10-13(12)2)18-16(20)17-11-14(3)19-8-4-5-9-19/h6-7,10,14H,4-5,8-9,11H2,1-3H3,(H2,17,18,20). The van der Waals surface area contributed by atoms with E-state index in [4.69, 9.17) is 0 Å². The first-order valence-corrected chi connectivity index (χ1v) is 7.42. The Balaban J connectivity index is 1.78. The fraction of sp³-hybridized carbons (Fsp3) is 0.562. The van der Waals surface area contributed by atoms with Crippen LogP contribution in [-0.2, 0) is 0 Å². The summed E-state index contributed by atoms with van der Waals surface area (Å²) in [5.74, 6) is 0. The van der Waals surface area contributed by atoms with Crippen molar-refractivity contribution in [2.45, 2.75) is 39.7 Å². The lowest BCUT2D eigenvalue weighted by molar-refractivity contribution is 0.234. The third kappa shape index (κ3) is 3.97. The second-order valence-corrected chi connectivity index (χ2v) is 5.73. The molecule has 0 aromatic heterocycles. The molecule has 2 N–H and O–H groups in total. The maximum atomic E-state index is 11.9. The van der Waals surface area contributed by atoms with E-state index >= 15 is 0 Å². The van der Waals surface area contributed by atoms with Crippen LogP contribution in [0.4, 0.5) is 10.5 Å². The number of hydrogen-bond acceptors (Lipinski definition) is 2. The number of carbonyl (C=O) groups excluding carboxylic acids is 1. The first kappa shape index (κ1) is 14.9. The molecule has 1 aliphatic heterocycles. The Labute approximate surface area is 121 Å². The van der Waals surface area contributed by atoms with Crippen LogP contribution < -0.4 is 10.6 Å². The molecule has 1 aliphatic rings. The number of hydrogen-bond donors (Lipinski definition) is 2. The first-order valence-electron chi connectivity index (χ1n) is 7.42. The summed E-state index contributed by atoms with van der Waals surface area (Å²) in [6.45, 7) is 9.28. The highest BCUT2D eigenvalue weighted by Crippen LogP contribution is 2.14. The van der Waals surface area contributed by atoms with Gasteiger partial charge in [-0.05, 0) is 70.0 Å². The van der Waals surface area contributed by atoms with Crippen LogP contribution in [0.25, 0.3) is 0 Å². The highest BCUT2D eigenvalue weighted by Gasteiger charge is 2.18. The molecule has 20 heavy (non-hydrogen) atoms. The van der Waals surface area contributed by atoms with Gasteiger partial charge in [0.25, 0.3) is 0 Å². The molecule has 110 valence electrons. The van der Waals surface area contributed by atoms with Crippen molar-refractivity contribution >= 4 is 11.7 Å². The van der Waals surface area contributed by atoms with Gasteiger partial charge in [-0.15, -0.1) is 0 Å². The van der Waals surface area contributed by atoms with E-state index in [-0.39, 0.29) is 6.03 Å². The summed E-state index contributed by atoms with van der Waals surface area (Å²) >= 11 is 0. The van der Waals surface area contributed by atoms with Crippen molar-refractivity contribution < 1.29 is 4.79 Å². The minimum absolute atomic E-state index is 0.126. The maximum Gasteiger partial charge on any atom is 0.319 e. The number of benzene rings is 1. The monoisotopic (exact) mass is 275 g/mol. The lowest BCUT2D eigenvalue weighted by Crippen LogP contribution is -2.42. The second kappa shape index (κ2) is 6.75. The average molecular weight is 275 g/mol. The van der Waals surface area contributed by atoms with Gasteiger partial charge in [0.05, 0.1) is 0 Å². The van der Waals surface area contributed by atoms with Crippen LogP contribution in [0.3, 0.4) is 0 Å². The molecule has 0 aliphatic carbocycles. The highest BCUT2D eigenvalue weighted by atomic mass is 16.2. The quantitative estimate of drug-likeness (QED) is 0.887. The fourth-order valence-corrected chi connectivity index (χ4v) is 2.55. The topological polar surface area (TPSA) is 44.4 Å². The van der Waals surface area contributed by atoms with E-state index < -0.39 is 0 Å². The van der Waals surface area contributed by atoms with Gasteiger partial charge in [0.15, 0.2) is 0 Å². The van der Waals surface area contributed by atoms with Gasteiger partial charge in [-0.3, -0.25) is 4.90 Å². The molecule has 0 bridgehead atoms. The Morgan fingerprint density at radius 2 is 1.95 bits per heavy atom. The number of carbonyl (C=O) groups is 1. The zero-order valence-corrected chi connectivity index (χ0v) is 12.7. The molecule has 1 aromatic carbocycles. The zero-order valence-electron chi connectivity index (χ0n) is 12.7. The SMILES string of the molecule is Cc1ccc(NC(=O)NCC(C)N2CCCC2)cc1C. The van der Waals surface area contributed by atoms with Gasteiger partial charge in [-0.1, -0.05) is 6.07 Å². The van der Waals surface area contributed by atoms with E-state index in [2.05, 4.69) is 29.4 Å². The van der Waals surface area contributed by atoms with Gasteiger partial charge in [0, 0.05) is 18.3 Å². The third-order valence-corrected chi connectivity index (χ3v) is 4.09. The Bertz CT molecular complexity index is 467. The smallest absolute Gasteiger partial charge is 0.319 e. The van der Waals surface area contributed by atoms with Gasteiger partial charge in [-0.2, -0.15) is 0 Å². The van der Waals surface area contributed by atoms with E-state index in [9.17, 15) is 4.79 Å². The van der Waals surface area contributed by atoms with Crippen molar-refractivity contribution in [2.75, 3.05) is 25.0 Å². The predicted octanol–water partition coefficient (Wildman–Crippen LogP) is 2.91. The minimum atomic E-state index is -0.126. The molecule has 1 fully saturated rings. The lowest BCUT2D eigenvalue weighted by atomic mass is 10.1. The predicted molar refractivity (Wildman–Crippen MR) is 83.2 cm³/mol. The van der Waals surface area contributed by atoms with Gasteiger partial charge in [0.2, 0.25) is 0 Å². The van der Waals surface area contributed by atoms with Crippen LogP contribution in [0.2, 0.25) is 0 Å². The molecule has 1 heterocycles. The molecule has 4 heteroatoms. The van der Waals surface area contributed by atoms with Crippen LogP contribution >= 0.6 is 0 Å². The summed E-state index contributed by atoms with van der Waals surface area (Å²) in [5.41, 5.74) is 3.27. The highest BCUT2D eigenvalue weighted by molar-refractivity contribution is 5.89. The molecular weight excluding hydrogens is 250 g/mol. The average Bonchev–Trinajstić information content (AvgIpc) is 2.94. The number of amides is 2. The van der Waals surface area contributed by atoms with E-state index in [1.165, 1.54) is 24.0 Å². The van der Waals surface area contributed by atoms with Crippen molar-refractivity contribution in [1.29, 1.82) is 0 Å². The number of aryl methyl sites for hydroxylation is 2. The van der Waals surface area contributed by atoms with E-state index in [1.807, 2.05) is 25.1 Å². The van der Waals surface area contributed by atoms with Crippen molar-refractivity contribution in [1.82, 2.24) is 10.2 Å². The van der Waals surface area contributed by atoms with Crippen LogP contribution in [0.15, 0.2) is 18.2 Å². The van der Waals surface area contributed by atoms with Crippen LogP contribution in [0.1, 0.15) is 30.9 Å². The fourth-order valence-electron chi connectivity index (χ4n) is 2.55. The molecule has 2 rings (SSSR count). The van der Waals surface area contributed by atoms with Crippen LogP contribution in [0.5, 0.6) is 0 Å². The summed E-state index contributed by atoms with van der Waals surface area (Å²) in [7, 11) is 0. The van der Waals surface area contributed by atoms with Gasteiger partial charge in [0.1, 0.15) is 0 Å². The van der Waals surface area contributed by atoms with Gasteiger partial charge < -0.3 is 10.6 Å². The first-order chi connectivity index (χ1) is 9.56. The third-order valence-electron chi connectivity index (χ3n) is 4.09. The van der Waals surface area contributed by atoms with Crippen LogP contribution in [-0.4, -0.2) is 36.6 Å². The number of nitrogens with zero attached hydrogens (tertiary/aromatic N) is 1. The largest absolute Gasteiger partial charge is 0.336 e. The molecule has 2 amide bonds. The zero-order chi connectivity index (χ0) is 14.5. The molecule has 1 unspecified atom stereocenters. The van der Waals surface area contributed by atoms with Crippen molar-refractivity contribution in [3.05, 3.63) is 29.3 Å². The van der Waals surface area contributed by atoms with E-state index in [1.54, 1.807) is 0 Å². The summed E-state index contributed by atoms with van der Waals surface area (Å²) in [5, 5.41) is 5.84. The van der Waals surface area contributed by atoms with Gasteiger partial charge >= 0.3 is 6.03 Å². The molecule has 1 atom stereocenters. The number of likely N-dealkylation sites (tertiary alicyclic amines) is 1. The van der Waals surface area contributed by atoms with Gasteiger partial charge in [-0.25, -0.2) is 4.79 Å². The number of nitrogens with one attached hydrogen (secondary N) is 2. The van der Waals surface area contributed by atoms with E-state index in [0.29, 0.717) is 12.6 Å². The van der Waals surface area contributed by atoms with Crippen molar-refractivity contribution in [3.8, 4) is 0 Å². The molecule has 0 radical (unpaired) electrons. The summed E-state index contributed by atoms with van der Waals surface area (Å²) < 4.78 is 0. The minimum Gasteiger partial charge on any atom is -0.336 e. The van der Waals surface area contributed by atoms with Crippen LogP contribution in [0, 0.1) is 13.8 Å². The molecule has 4 nitrogen and oxygen atoms in total. The molecular formula is C16H25N3O. The number of anilines is 1. The van der Waals surface area contributed by atoms with Crippen molar-refractivity contribution in [2.24, 2.45) is 0 Å². The van der Waals surface area contributed by atoms with Crippen molar-refractivity contribution in [3.63, 3.8) is 0 Å². The maximum absolute atomic E-state index is 11.9. The number of urea groups is 1. The number of rotatable bonds is 4. The summed E-state index contributed by atoms with van der Waals surface area (Å²) in [6, 6.07) is 6.24. The lowest BCUT2D eigenvalue weighted by Gasteiger charge is -2.23. The summed E-state index contributed by atoms with van der Waals surface area (Å²) in [4.78, 5) is 14.3. The van der Waals surface area contributed by atoms with E-state index in [0.717, 1.165) is 18.8 Å². The summed E-state index contributed by atoms with van der Waals surface area (Å²) in [6.07, 6.45) is 2.55.